The molecule has 1 fully saturated rings. The third kappa shape index (κ3) is 7.43. The first-order chi connectivity index (χ1) is 9.47. The molecule has 0 spiro atoms. The van der Waals surface area contributed by atoms with Crippen LogP contribution in [0.2, 0.25) is 0 Å². The molecule has 122 valence electrons. The van der Waals surface area contributed by atoms with Gasteiger partial charge in [-0.15, -0.1) is 0 Å². The Kier molecular flexibility index (Phi) is 5.75. The topological polar surface area (TPSA) is 71.1 Å². The van der Waals surface area contributed by atoms with E-state index in [1.165, 1.54) is 6.92 Å². The summed E-state index contributed by atoms with van der Waals surface area (Å²) in [5, 5.41) is 0. The minimum absolute atomic E-state index is 0.153. The van der Waals surface area contributed by atoms with Crippen molar-refractivity contribution in [2.24, 2.45) is 0 Å². The molecule has 0 aromatic heterocycles. The van der Waals surface area contributed by atoms with Gasteiger partial charge >= 0.3 is 11.9 Å². The molecule has 0 bridgehead atoms. The molecule has 0 radical (unpaired) electrons. The summed E-state index contributed by atoms with van der Waals surface area (Å²) in [5.74, 6) is -1.49. The smallest absolute Gasteiger partial charge is 0.308 e. The van der Waals surface area contributed by atoms with E-state index in [1.807, 2.05) is 20.8 Å². The fourth-order valence-corrected chi connectivity index (χ4v) is 2.23. The fourth-order valence-electron chi connectivity index (χ4n) is 2.23. The number of carbonyl (C=O) groups is 2. The maximum atomic E-state index is 11.9. The summed E-state index contributed by atoms with van der Waals surface area (Å²) in [4.78, 5) is 22.8. The maximum absolute atomic E-state index is 11.9. The molecule has 1 aliphatic heterocycles. The Morgan fingerprint density at radius 2 is 1.76 bits per heavy atom. The molecule has 0 aliphatic carbocycles. The van der Waals surface area contributed by atoms with Crippen molar-refractivity contribution < 1.29 is 28.5 Å². The highest BCUT2D eigenvalue weighted by Crippen LogP contribution is 2.29. The van der Waals surface area contributed by atoms with Gasteiger partial charge in [0.1, 0.15) is 12.2 Å². The van der Waals surface area contributed by atoms with Crippen LogP contribution in [0.3, 0.4) is 0 Å². The van der Waals surface area contributed by atoms with Gasteiger partial charge in [0.15, 0.2) is 5.79 Å². The first-order valence-corrected chi connectivity index (χ1v) is 7.18. The lowest BCUT2D eigenvalue weighted by atomic mass is 10.1. The van der Waals surface area contributed by atoms with E-state index in [0.717, 1.165) is 0 Å². The SMILES string of the molecule is CC(=O)OCC1CC(CC(=O)OC(C)(C)C)OC(C)(C)O1. The van der Waals surface area contributed by atoms with Crippen LogP contribution in [0.5, 0.6) is 0 Å². The standard InChI is InChI=1S/C15H26O6/c1-10(16)18-9-12-7-11(19-15(5,6)20-12)8-13(17)21-14(2,3)4/h11-12H,7-9H2,1-6H3. The predicted molar refractivity (Wildman–Crippen MR) is 75.5 cm³/mol. The molecule has 1 heterocycles. The summed E-state index contributed by atoms with van der Waals surface area (Å²) in [7, 11) is 0. The number of hydrogen-bond donors (Lipinski definition) is 0. The van der Waals surface area contributed by atoms with Crippen molar-refractivity contribution in [3.8, 4) is 0 Å². The van der Waals surface area contributed by atoms with Gasteiger partial charge in [-0.05, 0) is 34.6 Å². The number of hydrogen-bond acceptors (Lipinski definition) is 6. The van der Waals surface area contributed by atoms with Crippen molar-refractivity contribution >= 4 is 11.9 Å². The van der Waals surface area contributed by atoms with Crippen molar-refractivity contribution in [2.75, 3.05) is 6.61 Å². The van der Waals surface area contributed by atoms with E-state index in [1.54, 1.807) is 13.8 Å². The summed E-state index contributed by atoms with van der Waals surface area (Å²) in [6.45, 7) is 10.5. The van der Waals surface area contributed by atoms with E-state index >= 15 is 0 Å². The zero-order valence-corrected chi connectivity index (χ0v) is 13.7. The van der Waals surface area contributed by atoms with Gasteiger partial charge in [-0.25, -0.2) is 0 Å². The molecule has 0 saturated carbocycles. The Morgan fingerprint density at radius 1 is 1.19 bits per heavy atom. The van der Waals surface area contributed by atoms with Crippen LogP contribution in [-0.4, -0.2) is 42.1 Å². The Bertz CT molecular complexity index is 382. The zero-order chi connectivity index (χ0) is 16.3. The average Bonchev–Trinajstić information content (AvgIpc) is 2.20. The molecule has 0 aromatic carbocycles. The molecule has 2 atom stereocenters. The summed E-state index contributed by atoms with van der Waals surface area (Å²) in [5.41, 5.74) is -0.519. The second-order valence-corrected chi connectivity index (χ2v) is 6.71. The highest BCUT2D eigenvalue weighted by atomic mass is 16.7. The molecule has 0 aromatic rings. The van der Waals surface area contributed by atoms with Gasteiger partial charge in [-0.2, -0.15) is 0 Å². The Hall–Kier alpha value is -1.14. The van der Waals surface area contributed by atoms with Crippen LogP contribution in [0.25, 0.3) is 0 Å². The van der Waals surface area contributed by atoms with Crippen LogP contribution in [0.4, 0.5) is 0 Å². The summed E-state index contributed by atoms with van der Waals surface area (Å²) >= 11 is 0. The first kappa shape index (κ1) is 17.9. The van der Waals surface area contributed by atoms with Gasteiger partial charge in [-0.3, -0.25) is 9.59 Å². The zero-order valence-electron chi connectivity index (χ0n) is 13.7. The first-order valence-electron chi connectivity index (χ1n) is 7.18. The Labute approximate surface area is 126 Å². The summed E-state index contributed by atoms with van der Waals surface area (Å²) < 4.78 is 21.7. The highest BCUT2D eigenvalue weighted by molar-refractivity contribution is 5.70. The third-order valence-corrected chi connectivity index (χ3v) is 2.71. The van der Waals surface area contributed by atoms with Crippen LogP contribution in [0.15, 0.2) is 0 Å². The predicted octanol–water partition coefficient (Wildman–Crippen LogP) is 2.19. The normalized spacial score (nSPS) is 25.2. The fraction of sp³-hybridized carbons (Fsp3) is 0.867. The third-order valence-electron chi connectivity index (χ3n) is 2.71. The molecule has 21 heavy (non-hydrogen) atoms. The number of carbonyl (C=O) groups excluding carboxylic acids is 2. The summed E-state index contributed by atoms with van der Waals surface area (Å²) in [6.07, 6.45) is 0.0329. The molecule has 1 aliphatic rings. The molecule has 6 heteroatoms. The van der Waals surface area contributed by atoms with Gasteiger partial charge in [-0.1, -0.05) is 0 Å². The van der Waals surface area contributed by atoms with E-state index in [9.17, 15) is 9.59 Å². The van der Waals surface area contributed by atoms with Crippen molar-refractivity contribution in [1.82, 2.24) is 0 Å². The molecule has 1 saturated heterocycles. The lowest BCUT2D eigenvalue weighted by molar-refractivity contribution is -0.304. The lowest BCUT2D eigenvalue weighted by Gasteiger charge is -2.40. The quantitative estimate of drug-likeness (QED) is 0.741. The van der Waals surface area contributed by atoms with Gasteiger partial charge in [0, 0.05) is 13.3 Å². The van der Waals surface area contributed by atoms with E-state index in [2.05, 4.69) is 0 Å². The Balaban J connectivity index is 2.57. The molecule has 1 rings (SSSR count). The van der Waals surface area contributed by atoms with Crippen LogP contribution in [0.1, 0.15) is 54.4 Å². The number of esters is 2. The maximum Gasteiger partial charge on any atom is 0.308 e. The molecule has 6 nitrogen and oxygen atoms in total. The molecular formula is C15H26O6. The van der Waals surface area contributed by atoms with Crippen molar-refractivity contribution in [3.63, 3.8) is 0 Å². The van der Waals surface area contributed by atoms with Crippen LogP contribution in [-0.2, 0) is 28.5 Å². The van der Waals surface area contributed by atoms with E-state index in [0.29, 0.717) is 6.42 Å². The lowest BCUT2D eigenvalue weighted by Crippen LogP contribution is -2.47. The van der Waals surface area contributed by atoms with Gasteiger partial charge < -0.3 is 18.9 Å². The van der Waals surface area contributed by atoms with Crippen LogP contribution < -0.4 is 0 Å². The van der Waals surface area contributed by atoms with Gasteiger partial charge in [0.25, 0.3) is 0 Å². The highest BCUT2D eigenvalue weighted by Gasteiger charge is 2.37. The van der Waals surface area contributed by atoms with Gasteiger partial charge in [0.05, 0.1) is 18.6 Å². The molecule has 0 amide bonds. The average molecular weight is 302 g/mol. The molecule has 2 unspecified atom stereocenters. The minimum Gasteiger partial charge on any atom is -0.463 e. The largest absolute Gasteiger partial charge is 0.463 e. The van der Waals surface area contributed by atoms with Crippen molar-refractivity contribution in [1.29, 1.82) is 0 Å². The van der Waals surface area contributed by atoms with Crippen molar-refractivity contribution in [3.05, 3.63) is 0 Å². The molecule has 0 N–H and O–H groups in total. The van der Waals surface area contributed by atoms with Gasteiger partial charge in [0.2, 0.25) is 0 Å². The second kappa shape index (κ2) is 6.75. The van der Waals surface area contributed by atoms with Crippen LogP contribution in [0, 0.1) is 0 Å². The van der Waals surface area contributed by atoms with Crippen LogP contribution >= 0.6 is 0 Å². The number of ether oxygens (including phenoxy) is 4. The van der Waals surface area contributed by atoms with E-state index in [-0.39, 0.29) is 37.2 Å². The van der Waals surface area contributed by atoms with E-state index < -0.39 is 11.4 Å². The monoisotopic (exact) mass is 302 g/mol. The second-order valence-electron chi connectivity index (χ2n) is 6.71. The Morgan fingerprint density at radius 3 is 2.29 bits per heavy atom. The van der Waals surface area contributed by atoms with E-state index in [4.69, 9.17) is 18.9 Å². The minimum atomic E-state index is -0.824. The molecular weight excluding hydrogens is 276 g/mol. The number of rotatable bonds is 4. The summed E-state index contributed by atoms with van der Waals surface area (Å²) in [6, 6.07) is 0. The van der Waals surface area contributed by atoms with Crippen molar-refractivity contribution in [2.45, 2.75) is 78.0 Å².